The van der Waals surface area contributed by atoms with Crippen molar-refractivity contribution in [1.29, 1.82) is 5.26 Å². The Morgan fingerprint density at radius 1 is 1.21 bits per heavy atom. The molecule has 2 aliphatic carbocycles. The first-order valence-corrected chi connectivity index (χ1v) is 5.74. The maximum atomic E-state index is 10.3. The van der Waals surface area contributed by atoms with Gasteiger partial charge in [0.05, 0.1) is 17.1 Å². The molecule has 1 N–H and O–H groups in total. The molecule has 0 heterocycles. The van der Waals surface area contributed by atoms with E-state index in [1.165, 1.54) is 12.8 Å². The lowest BCUT2D eigenvalue weighted by molar-refractivity contribution is -0.0216. The van der Waals surface area contributed by atoms with Crippen LogP contribution in [0.2, 0.25) is 0 Å². The van der Waals surface area contributed by atoms with Crippen LogP contribution in [-0.2, 0) is 0 Å². The second-order valence-corrected chi connectivity index (χ2v) is 5.28. The molecular weight excluding hydrogens is 174 g/mol. The normalized spacial score (nSPS) is 41.1. The average molecular weight is 193 g/mol. The summed E-state index contributed by atoms with van der Waals surface area (Å²) in [7, 11) is 0. The van der Waals surface area contributed by atoms with Crippen LogP contribution in [-0.4, -0.2) is 10.7 Å². The van der Waals surface area contributed by atoms with Crippen LogP contribution in [0, 0.1) is 22.7 Å². The van der Waals surface area contributed by atoms with E-state index < -0.39 is 5.60 Å². The molecule has 2 saturated carbocycles. The number of nitrogens with zero attached hydrogens (tertiary/aromatic N) is 1. The van der Waals surface area contributed by atoms with E-state index in [0.717, 1.165) is 32.1 Å². The highest BCUT2D eigenvalue weighted by Crippen LogP contribution is 2.53. The smallest absolute Gasteiger partial charge is 0.0693 e. The van der Waals surface area contributed by atoms with E-state index in [1.54, 1.807) is 0 Å². The van der Waals surface area contributed by atoms with Gasteiger partial charge >= 0.3 is 0 Å². The van der Waals surface area contributed by atoms with Gasteiger partial charge in [-0.2, -0.15) is 5.26 Å². The van der Waals surface area contributed by atoms with Gasteiger partial charge in [0.25, 0.3) is 0 Å². The molecule has 0 aromatic carbocycles. The third-order valence-corrected chi connectivity index (χ3v) is 4.31. The highest BCUT2D eigenvalue weighted by Gasteiger charge is 2.51. The van der Waals surface area contributed by atoms with Gasteiger partial charge in [-0.05, 0) is 32.6 Å². The lowest BCUT2D eigenvalue weighted by atomic mass is 9.69. The number of hydrogen-bond acceptors (Lipinski definition) is 2. The van der Waals surface area contributed by atoms with Crippen molar-refractivity contribution in [2.24, 2.45) is 11.3 Å². The molecule has 2 rings (SSSR count). The van der Waals surface area contributed by atoms with Crippen molar-refractivity contribution in [3.63, 3.8) is 0 Å². The zero-order valence-electron chi connectivity index (χ0n) is 8.92. The highest BCUT2D eigenvalue weighted by molar-refractivity contribution is 5.11. The second-order valence-electron chi connectivity index (χ2n) is 5.28. The number of hydrogen-bond donors (Lipinski definition) is 1. The Morgan fingerprint density at radius 3 is 2.29 bits per heavy atom. The second kappa shape index (κ2) is 3.24. The lowest BCUT2D eigenvalue weighted by Crippen LogP contribution is -2.40. The van der Waals surface area contributed by atoms with Crippen LogP contribution in [0.3, 0.4) is 0 Å². The summed E-state index contributed by atoms with van der Waals surface area (Å²) < 4.78 is 0. The summed E-state index contributed by atoms with van der Waals surface area (Å²) in [6.07, 6.45) is 7.34. The van der Waals surface area contributed by atoms with Gasteiger partial charge in [-0.3, -0.25) is 0 Å². The molecule has 0 aromatic rings. The first-order valence-electron chi connectivity index (χ1n) is 5.74. The van der Waals surface area contributed by atoms with Gasteiger partial charge in [0.1, 0.15) is 0 Å². The van der Waals surface area contributed by atoms with Crippen molar-refractivity contribution in [3.8, 4) is 6.07 Å². The molecule has 2 heteroatoms. The monoisotopic (exact) mass is 193 g/mol. The van der Waals surface area contributed by atoms with Crippen LogP contribution < -0.4 is 0 Å². The molecule has 0 aromatic heterocycles. The molecule has 0 spiro atoms. The SMILES string of the molecule is CC1(O)CCCC1C1(C#N)CCCC1. The van der Waals surface area contributed by atoms with E-state index >= 15 is 0 Å². The van der Waals surface area contributed by atoms with Crippen LogP contribution in [0.25, 0.3) is 0 Å². The number of aliphatic hydroxyl groups is 1. The summed E-state index contributed by atoms with van der Waals surface area (Å²) in [5.74, 6) is 0.225. The molecular formula is C12H19NO. The van der Waals surface area contributed by atoms with Crippen molar-refractivity contribution in [1.82, 2.24) is 0 Å². The molecule has 2 atom stereocenters. The Labute approximate surface area is 85.9 Å². The Morgan fingerprint density at radius 2 is 1.86 bits per heavy atom. The van der Waals surface area contributed by atoms with E-state index in [-0.39, 0.29) is 11.3 Å². The largest absolute Gasteiger partial charge is 0.390 e. The van der Waals surface area contributed by atoms with Gasteiger partial charge in [0, 0.05) is 5.92 Å². The molecule has 2 unspecified atom stereocenters. The highest BCUT2D eigenvalue weighted by atomic mass is 16.3. The molecule has 0 radical (unpaired) electrons. The van der Waals surface area contributed by atoms with Gasteiger partial charge in [-0.25, -0.2) is 0 Å². The van der Waals surface area contributed by atoms with Crippen molar-refractivity contribution in [2.75, 3.05) is 0 Å². The molecule has 78 valence electrons. The number of rotatable bonds is 1. The first kappa shape index (κ1) is 9.98. The van der Waals surface area contributed by atoms with Crippen LogP contribution in [0.5, 0.6) is 0 Å². The Balaban J connectivity index is 2.24. The molecule has 14 heavy (non-hydrogen) atoms. The maximum absolute atomic E-state index is 10.3. The quantitative estimate of drug-likeness (QED) is 0.695. The van der Waals surface area contributed by atoms with E-state index in [1.807, 2.05) is 6.92 Å². The summed E-state index contributed by atoms with van der Waals surface area (Å²) >= 11 is 0. The summed E-state index contributed by atoms with van der Waals surface area (Å²) in [5, 5.41) is 19.6. The summed E-state index contributed by atoms with van der Waals surface area (Å²) in [6, 6.07) is 2.51. The lowest BCUT2D eigenvalue weighted by Gasteiger charge is -2.36. The summed E-state index contributed by atoms with van der Waals surface area (Å²) in [6.45, 7) is 1.92. The Kier molecular flexibility index (Phi) is 2.31. The van der Waals surface area contributed by atoms with Crippen molar-refractivity contribution >= 4 is 0 Å². The van der Waals surface area contributed by atoms with Crippen molar-refractivity contribution in [2.45, 2.75) is 57.5 Å². The minimum atomic E-state index is -0.583. The van der Waals surface area contributed by atoms with Crippen molar-refractivity contribution in [3.05, 3.63) is 0 Å². The number of nitriles is 1. The van der Waals surface area contributed by atoms with Gasteiger partial charge in [0.15, 0.2) is 0 Å². The van der Waals surface area contributed by atoms with Crippen LogP contribution in [0.15, 0.2) is 0 Å². The van der Waals surface area contributed by atoms with Crippen LogP contribution >= 0.6 is 0 Å². The van der Waals surface area contributed by atoms with Gasteiger partial charge in [-0.15, -0.1) is 0 Å². The van der Waals surface area contributed by atoms with E-state index in [4.69, 9.17) is 0 Å². The zero-order chi connectivity index (χ0) is 10.2. The van der Waals surface area contributed by atoms with Gasteiger partial charge < -0.3 is 5.11 Å². The molecule has 0 saturated heterocycles. The molecule has 0 bridgehead atoms. The molecule has 2 nitrogen and oxygen atoms in total. The predicted octanol–water partition coefficient (Wildman–Crippen LogP) is 2.62. The topological polar surface area (TPSA) is 44.0 Å². The Bertz CT molecular complexity index is 258. The van der Waals surface area contributed by atoms with Crippen LogP contribution in [0.4, 0.5) is 0 Å². The van der Waals surface area contributed by atoms with Crippen LogP contribution in [0.1, 0.15) is 51.9 Å². The third kappa shape index (κ3) is 1.35. The standard InChI is InChI=1S/C12H19NO/c1-11(14)6-4-5-10(11)12(9-13)7-2-3-8-12/h10,14H,2-8H2,1H3. The predicted molar refractivity (Wildman–Crippen MR) is 54.5 cm³/mol. The Hall–Kier alpha value is -0.550. The molecule has 0 aliphatic heterocycles. The van der Waals surface area contributed by atoms with Crippen molar-refractivity contribution < 1.29 is 5.11 Å². The zero-order valence-corrected chi connectivity index (χ0v) is 8.92. The summed E-state index contributed by atoms with van der Waals surface area (Å²) in [4.78, 5) is 0. The summed E-state index contributed by atoms with van der Waals surface area (Å²) in [5.41, 5.74) is -0.778. The minimum Gasteiger partial charge on any atom is -0.390 e. The molecule has 2 aliphatic rings. The fraction of sp³-hybridized carbons (Fsp3) is 0.917. The van der Waals surface area contributed by atoms with Gasteiger partial charge in [-0.1, -0.05) is 19.3 Å². The van der Waals surface area contributed by atoms with E-state index in [0.29, 0.717) is 0 Å². The third-order valence-electron chi connectivity index (χ3n) is 4.31. The fourth-order valence-corrected chi connectivity index (χ4v) is 3.56. The minimum absolute atomic E-state index is 0.194. The van der Waals surface area contributed by atoms with E-state index in [9.17, 15) is 10.4 Å². The fourth-order valence-electron chi connectivity index (χ4n) is 3.56. The van der Waals surface area contributed by atoms with Gasteiger partial charge in [0.2, 0.25) is 0 Å². The average Bonchev–Trinajstić information content (AvgIpc) is 2.71. The molecule has 2 fully saturated rings. The first-order chi connectivity index (χ1) is 6.61. The van der Waals surface area contributed by atoms with E-state index in [2.05, 4.69) is 6.07 Å². The maximum Gasteiger partial charge on any atom is 0.0693 e. The molecule has 0 amide bonds.